The highest BCUT2D eigenvalue weighted by molar-refractivity contribution is 7.91. The average molecular weight is 511 g/mol. The van der Waals surface area contributed by atoms with Crippen LogP contribution >= 0.6 is 0 Å². The number of carbonyl (C=O) groups is 2. The standard InChI is InChI=1S/C27H34N4O4S/c1-3-4-5-6-18-7-9-19(10-8-18)27(2)17-22(23-15-16-31(29-23)20-11-12-20)24(25(32)28-27)26(33)30-36(34,35)21-13-14-21/h7-10,15-16,20-21H,3-6,11-14,17H2,1-2H3,(H,28,32)(H,30,33). The molecular weight excluding hydrogens is 476 g/mol. The van der Waals surface area contributed by atoms with Crippen LogP contribution in [0.15, 0.2) is 42.1 Å². The molecule has 2 fully saturated rings. The highest BCUT2D eigenvalue weighted by atomic mass is 32.2. The van der Waals surface area contributed by atoms with Crippen molar-refractivity contribution in [2.45, 2.75) is 88.5 Å². The molecule has 8 nitrogen and oxygen atoms in total. The summed E-state index contributed by atoms with van der Waals surface area (Å²) in [6.45, 7) is 4.12. The minimum atomic E-state index is -3.80. The number of hydrogen-bond donors (Lipinski definition) is 2. The fraction of sp³-hybridized carbons (Fsp3) is 0.519. The first-order chi connectivity index (χ1) is 17.2. The lowest BCUT2D eigenvalue weighted by Gasteiger charge is -2.37. The van der Waals surface area contributed by atoms with Crippen molar-refractivity contribution in [3.8, 4) is 0 Å². The van der Waals surface area contributed by atoms with Gasteiger partial charge in [-0.3, -0.25) is 14.3 Å². The second-order valence-electron chi connectivity index (χ2n) is 10.6. The summed E-state index contributed by atoms with van der Waals surface area (Å²) >= 11 is 0. The van der Waals surface area contributed by atoms with E-state index in [1.807, 2.05) is 36.0 Å². The first kappa shape index (κ1) is 24.7. The van der Waals surface area contributed by atoms with Gasteiger partial charge in [-0.05, 0) is 62.6 Å². The number of sulfonamides is 1. The third kappa shape index (κ3) is 5.12. The summed E-state index contributed by atoms with van der Waals surface area (Å²) in [7, 11) is -3.80. The predicted molar refractivity (Wildman–Crippen MR) is 137 cm³/mol. The number of rotatable bonds is 10. The lowest BCUT2D eigenvalue weighted by molar-refractivity contribution is -0.124. The van der Waals surface area contributed by atoms with E-state index >= 15 is 0 Å². The zero-order valence-electron chi connectivity index (χ0n) is 20.9. The van der Waals surface area contributed by atoms with Crippen LogP contribution in [-0.4, -0.2) is 35.3 Å². The van der Waals surface area contributed by atoms with E-state index in [0.717, 1.165) is 31.2 Å². The molecule has 9 heteroatoms. The van der Waals surface area contributed by atoms with Crippen LogP contribution in [0.3, 0.4) is 0 Å². The molecular formula is C27H34N4O4S. The Morgan fingerprint density at radius 1 is 1.14 bits per heavy atom. The van der Waals surface area contributed by atoms with Crippen LogP contribution in [0.4, 0.5) is 0 Å². The van der Waals surface area contributed by atoms with Crippen LogP contribution in [0.2, 0.25) is 0 Å². The van der Waals surface area contributed by atoms with Gasteiger partial charge in [0.2, 0.25) is 10.0 Å². The highest BCUT2D eigenvalue weighted by Crippen LogP contribution is 2.40. The highest BCUT2D eigenvalue weighted by Gasteiger charge is 2.43. The molecule has 1 aromatic heterocycles. The first-order valence-electron chi connectivity index (χ1n) is 13.0. The Kier molecular flexibility index (Phi) is 6.53. The van der Waals surface area contributed by atoms with Gasteiger partial charge in [-0.15, -0.1) is 0 Å². The molecule has 2 heterocycles. The number of unbranched alkanes of at least 4 members (excludes halogenated alkanes) is 2. The van der Waals surface area contributed by atoms with Crippen molar-refractivity contribution in [3.63, 3.8) is 0 Å². The molecule has 1 aliphatic heterocycles. The molecule has 2 amide bonds. The van der Waals surface area contributed by atoms with Crippen LogP contribution < -0.4 is 10.0 Å². The minimum Gasteiger partial charge on any atom is -0.342 e. The maximum Gasteiger partial charge on any atom is 0.270 e. The normalized spacial score (nSPS) is 22.4. The quantitative estimate of drug-likeness (QED) is 0.374. The van der Waals surface area contributed by atoms with Crippen molar-refractivity contribution in [2.75, 3.05) is 0 Å². The van der Waals surface area contributed by atoms with Gasteiger partial charge in [0.25, 0.3) is 11.8 Å². The lowest BCUT2D eigenvalue weighted by Crippen LogP contribution is -2.51. The molecule has 2 saturated carbocycles. The zero-order valence-corrected chi connectivity index (χ0v) is 21.7. The fourth-order valence-corrected chi connectivity index (χ4v) is 6.15. The molecule has 5 rings (SSSR count). The molecule has 1 unspecified atom stereocenters. The second kappa shape index (κ2) is 9.50. The van der Waals surface area contributed by atoms with Gasteiger partial charge in [0.05, 0.1) is 22.5 Å². The number of aryl methyl sites for hydroxylation is 1. The van der Waals surface area contributed by atoms with Gasteiger partial charge in [-0.1, -0.05) is 44.0 Å². The van der Waals surface area contributed by atoms with Crippen molar-refractivity contribution in [1.29, 1.82) is 0 Å². The molecule has 0 radical (unpaired) electrons. The molecule has 2 N–H and O–H groups in total. The number of nitrogens with zero attached hydrogens (tertiary/aromatic N) is 2. The molecule has 0 saturated heterocycles. The molecule has 1 atom stereocenters. The fourth-order valence-electron chi connectivity index (χ4n) is 4.87. The maximum absolute atomic E-state index is 13.4. The van der Waals surface area contributed by atoms with Crippen LogP contribution in [0, 0.1) is 0 Å². The molecule has 36 heavy (non-hydrogen) atoms. The Morgan fingerprint density at radius 2 is 1.86 bits per heavy atom. The second-order valence-corrected chi connectivity index (χ2v) is 12.5. The number of benzene rings is 1. The molecule has 0 bridgehead atoms. The summed E-state index contributed by atoms with van der Waals surface area (Å²) in [6.07, 6.45) is 9.87. The van der Waals surface area contributed by atoms with Gasteiger partial charge < -0.3 is 5.32 Å². The first-order valence-corrected chi connectivity index (χ1v) is 14.5. The van der Waals surface area contributed by atoms with Crippen molar-refractivity contribution in [3.05, 3.63) is 58.9 Å². The Hall–Kier alpha value is -2.94. The van der Waals surface area contributed by atoms with Gasteiger partial charge in [-0.25, -0.2) is 13.1 Å². The SMILES string of the molecule is CCCCCc1ccc(C2(C)CC(c3ccn(C4CC4)n3)=C(C(=O)NS(=O)(=O)C3CC3)C(=O)N2)cc1. The number of nitrogens with one attached hydrogen (secondary N) is 2. The molecule has 3 aliphatic rings. The van der Waals surface area contributed by atoms with Crippen molar-refractivity contribution in [2.24, 2.45) is 0 Å². The van der Waals surface area contributed by atoms with Crippen LogP contribution in [0.1, 0.15) is 88.1 Å². The van der Waals surface area contributed by atoms with E-state index in [0.29, 0.717) is 36.6 Å². The third-order valence-electron chi connectivity index (χ3n) is 7.37. The zero-order chi connectivity index (χ0) is 25.5. The van der Waals surface area contributed by atoms with E-state index in [1.54, 1.807) is 0 Å². The van der Waals surface area contributed by atoms with E-state index in [9.17, 15) is 18.0 Å². The van der Waals surface area contributed by atoms with Gasteiger partial charge in [0.1, 0.15) is 5.57 Å². The Labute approximate surface area is 212 Å². The Morgan fingerprint density at radius 3 is 2.50 bits per heavy atom. The average Bonchev–Trinajstić information content (AvgIpc) is 3.77. The smallest absolute Gasteiger partial charge is 0.270 e. The van der Waals surface area contributed by atoms with E-state index in [1.165, 1.54) is 18.4 Å². The van der Waals surface area contributed by atoms with E-state index in [-0.39, 0.29) is 5.57 Å². The topological polar surface area (TPSA) is 110 Å². The molecule has 2 aliphatic carbocycles. The third-order valence-corrected chi connectivity index (χ3v) is 9.19. The van der Waals surface area contributed by atoms with Crippen LogP contribution in [0.25, 0.3) is 5.57 Å². The van der Waals surface area contributed by atoms with E-state index in [2.05, 4.69) is 34.2 Å². The number of hydrogen-bond acceptors (Lipinski definition) is 5. The minimum absolute atomic E-state index is 0.172. The van der Waals surface area contributed by atoms with Gasteiger partial charge in [0, 0.05) is 18.2 Å². The Bertz CT molecular complexity index is 1300. The molecule has 1 aromatic carbocycles. The number of aromatic nitrogens is 2. The predicted octanol–water partition coefficient (Wildman–Crippen LogP) is 3.75. The van der Waals surface area contributed by atoms with Crippen LogP contribution in [0.5, 0.6) is 0 Å². The largest absolute Gasteiger partial charge is 0.342 e. The monoisotopic (exact) mass is 510 g/mol. The van der Waals surface area contributed by atoms with E-state index < -0.39 is 32.6 Å². The number of carbonyl (C=O) groups excluding carboxylic acids is 2. The van der Waals surface area contributed by atoms with Gasteiger partial charge >= 0.3 is 0 Å². The summed E-state index contributed by atoms with van der Waals surface area (Å²) < 4.78 is 28.9. The van der Waals surface area contributed by atoms with Crippen molar-refractivity contribution >= 4 is 27.4 Å². The van der Waals surface area contributed by atoms with Crippen LogP contribution in [-0.2, 0) is 31.6 Å². The summed E-state index contributed by atoms with van der Waals surface area (Å²) in [5.74, 6) is -1.47. The Balaban J connectivity index is 1.47. The number of amides is 2. The molecule has 0 spiro atoms. The van der Waals surface area contributed by atoms with Crippen molar-refractivity contribution in [1.82, 2.24) is 19.8 Å². The van der Waals surface area contributed by atoms with Gasteiger partial charge in [0.15, 0.2) is 0 Å². The molecule has 192 valence electrons. The summed E-state index contributed by atoms with van der Waals surface area (Å²) in [5, 5.41) is 7.11. The summed E-state index contributed by atoms with van der Waals surface area (Å²) in [5.41, 5.74) is 2.25. The van der Waals surface area contributed by atoms with Gasteiger partial charge in [-0.2, -0.15) is 5.10 Å². The van der Waals surface area contributed by atoms with E-state index in [4.69, 9.17) is 0 Å². The summed E-state index contributed by atoms with van der Waals surface area (Å²) in [6, 6.07) is 10.4. The molecule has 2 aromatic rings. The van der Waals surface area contributed by atoms with Crippen molar-refractivity contribution < 1.29 is 18.0 Å². The maximum atomic E-state index is 13.4. The summed E-state index contributed by atoms with van der Waals surface area (Å²) in [4.78, 5) is 26.6. The lowest BCUT2D eigenvalue weighted by atomic mass is 9.79.